The van der Waals surface area contributed by atoms with Crippen LogP contribution >= 0.6 is 0 Å². The van der Waals surface area contributed by atoms with E-state index in [0.29, 0.717) is 12.1 Å². The second kappa shape index (κ2) is 4.70. The van der Waals surface area contributed by atoms with Crippen molar-refractivity contribution in [2.75, 3.05) is 0 Å². The van der Waals surface area contributed by atoms with Crippen molar-refractivity contribution in [3.05, 3.63) is 30.1 Å². The van der Waals surface area contributed by atoms with E-state index in [-0.39, 0.29) is 11.5 Å². The second-order valence-electron chi connectivity index (χ2n) is 10.0. The zero-order chi connectivity index (χ0) is 19.3. The molecule has 2 fully saturated rings. The Kier molecular flexibility index (Phi) is 3.24. The fraction of sp³-hybridized carbons (Fsp3) is 0.667. The third-order valence-electron chi connectivity index (χ3n) is 7.66. The van der Waals surface area contributed by atoms with E-state index in [9.17, 15) is 15.3 Å². The summed E-state index contributed by atoms with van der Waals surface area (Å²) in [6, 6.07) is 5.68. The topological polar surface area (TPSA) is 78.5 Å². The van der Waals surface area contributed by atoms with Crippen LogP contribution in [-0.2, 0) is 11.1 Å². The van der Waals surface area contributed by atoms with E-state index in [0.717, 1.165) is 17.5 Å². The molecule has 26 heavy (non-hydrogen) atoms. The molecule has 2 aliphatic rings. The second-order valence-corrected chi connectivity index (χ2v) is 10.0. The molecule has 3 atom stereocenters. The number of hydrogen-bond donors (Lipinski definition) is 3. The number of aromatic nitrogens is 2. The van der Waals surface area contributed by atoms with E-state index in [1.165, 1.54) is 0 Å². The summed E-state index contributed by atoms with van der Waals surface area (Å²) in [7, 11) is 0. The average Bonchev–Trinajstić information content (AvgIpc) is 3.04. The molecule has 142 valence electrons. The van der Waals surface area contributed by atoms with Crippen LogP contribution in [-0.4, -0.2) is 30.7 Å². The van der Waals surface area contributed by atoms with Crippen LogP contribution < -0.4 is 0 Å². The molecule has 2 heterocycles. The SMILES string of the molecule is CC(C)(C)n1c(C2(O)C(O)(O)C3CCC2(C)C3(C)C)cc2ncccc21. The summed E-state index contributed by atoms with van der Waals surface area (Å²) in [5.41, 5.74) is -1.01. The molecule has 0 aliphatic heterocycles. The van der Waals surface area contributed by atoms with Crippen molar-refractivity contribution in [2.24, 2.45) is 16.7 Å². The van der Waals surface area contributed by atoms with Crippen LogP contribution in [0, 0.1) is 16.7 Å². The van der Waals surface area contributed by atoms with Crippen molar-refractivity contribution in [1.29, 1.82) is 0 Å². The van der Waals surface area contributed by atoms with Crippen LogP contribution in [0.25, 0.3) is 11.0 Å². The first-order valence-electron chi connectivity index (χ1n) is 9.45. The molecule has 2 aromatic heterocycles. The standard InChI is InChI=1S/C21H30N2O3/c1-17(2,3)23-14-8-7-11-22-13(14)12-16(23)20(24)19(6)10-9-15(18(19,4)5)21(20,25)26/h7-8,11-12,15,24-26H,9-10H2,1-6H3. The van der Waals surface area contributed by atoms with Crippen LogP contribution in [0.5, 0.6) is 0 Å². The van der Waals surface area contributed by atoms with Crippen LogP contribution in [0.1, 0.15) is 60.1 Å². The molecule has 2 aliphatic carbocycles. The third kappa shape index (κ3) is 1.70. The number of pyridine rings is 1. The molecule has 3 N–H and O–H groups in total. The first kappa shape index (κ1) is 18.0. The molecule has 0 aromatic carbocycles. The maximum atomic E-state index is 12.1. The maximum absolute atomic E-state index is 12.1. The number of nitrogens with zero attached hydrogens (tertiary/aromatic N) is 2. The summed E-state index contributed by atoms with van der Waals surface area (Å²) >= 11 is 0. The molecule has 0 spiro atoms. The maximum Gasteiger partial charge on any atom is 0.202 e. The molecule has 0 saturated heterocycles. The lowest BCUT2D eigenvalue weighted by Gasteiger charge is -2.50. The Morgan fingerprint density at radius 3 is 2.35 bits per heavy atom. The van der Waals surface area contributed by atoms with Crippen molar-refractivity contribution in [1.82, 2.24) is 9.55 Å². The van der Waals surface area contributed by atoms with E-state index >= 15 is 0 Å². The van der Waals surface area contributed by atoms with Crippen molar-refractivity contribution in [3.63, 3.8) is 0 Å². The molecule has 3 unspecified atom stereocenters. The predicted octanol–water partition coefficient (Wildman–Crippen LogP) is 3.12. The Bertz CT molecular complexity index is 892. The van der Waals surface area contributed by atoms with Gasteiger partial charge in [-0.05, 0) is 57.2 Å². The van der Waals surface area contributed by atoms with E-state index in [1.807, 2.05) is 43.5 Å². The van der Waals surface area contributed by atoms with Gasteiger partial charge in [0.1, 0.15) is 0 Å². The Morgan fingerprint density at radius 1 is 1.15 bits per heavy atom. The molecule has 2 saturated carbocycles. The zero-order valence-corrected chi connectivity index (χ0v) is 16.5. The largest absolute Gasteiger partial charge is 0.377 e. The van der Waals surface area contributed by atoms with Gasteiger partial charge in [0.2, 0.25) is 5.79 Å². The molecule has 2 aromatic rings. The smallest absolute Gasteiger partial charge is 0.202 e. The summed E-state index contributed by atoms with van der Waals surface area (Å²) in [4.78, 5) is 4.45. The summed E-state index contributed by atoms with van der Waals surface area (Å²) in [6.45, 7) is 12.3. The van der Waals surface area contributed by atoms with Gasteiger partial charge in [0.15, 0.2) is 5.60 Å². The molecular formula is C21H30N2O3. The van der Waals surface area contributed by atoms with Crippen LogP contribution in [0.2, 0.25) is 0 Å². The summed E-state index contributed by atoms with van der Waals surface area (Å²) in [5, 5.41) is 34.6. The van der Waals surface area contributed by atoms with Gasteiger partial charge in [-0.15, -0.1) is 0 Å². The molecule has 2 bridgehead atoms. The lowest BCUT2D eigenvalue weighted by molar-refractivity contribution is -0.319. The molecule has 5 nitrogen and oxygen atoms in total. The van der Waals surface area contributed by atoms with Gasteiger partial charge in [0.25, 0.3) is 0 Å². The number of fused-ring (bicyclic) bond motifs is 3. The Balaban J connectivity index is 2.10. The van der Waals surface area contributed by atoms with E-state index < -0.39 is 22.2 Å². The third-order valence-corrected chi connectivity index (χ3v) is 7.66. The van der Waals surface area contributed by atoms with Gasteiger partial charge in [0, 0.05) is 23.1 Å². The first-order chi connectivity index (χ1) is 11.8. The first-order valence-corrected chi connectivity index (χ1v) is 9.45. The number of aliphatic hydroxyl groups is 3. The van der Waals surface area contributed by atoms with Crippen LogP contribution in [0.15, 0.2) is 24.4 Å². The molecule has 0 radical (unpaired) electrons. The quantitative estimate of drug-likeness (QED) is 0.685. The minimum atomic E-state index is -2.19. The average molecular weight is 358 g/mol. The highest BCUT2D eigenvalue weighted by Crippen LogP contribution is 2.75. The monoisotopic (exact) mass is 358 g/mol. The molecule has 0 amide bonds. The predicted molar refractivity (Wildman–Crippen MR) is 100 cm³/mol. The molecule has 5 heteroatoms. The summed E-state index contributed by atoms with van der Waals surface area (Å²) in [6.07, 6.45) is 3.18. The van der Waals surface area contributed by atoms with Gasteiger partial charge < -0.3 is 19.9 Å². The molecule has 4 rings (SSSR count). The van der Waals surface area contributed by atoms with Crippen molar-refractivity contribution < 1.29 is 15.3 Å². The summed E-state index contributed by atoms with van der Waals surface area (Å²) < 4.78 is 2.03. The van der Waals surface area contributed by atoms with E-state index in [4.69, 9.17) is 0 Å². The van der Waals surface area contributed by atoms with Gasteiger partial charge in [0.05, 0.1) is 16.7 Å². The van der Waals surface area contributed by atoms with Crippen LogP contribution in [0.4, 0.5) is 0 Å². The van der Waals surface area contributed by atoms with Gasteiger partial charge in [-0.3, -0.25) is 4.98 Å². The minimum Gasteiger partial charge on any atom is -0.377 e. The normalized spacial score (nSPS) is 35.3. The number of rotatable bonds is 1. The van der Waals surface area contributed by atoms with Crippen molar-refractivity contribution in [3.8, 4) is 0 Å². The summed E-state index contributed by atoms with van der Waals surface area (Å²) in [5.74, 6) is -2.58. The Hall–Kier alpha value is -1.43. The molecular weight excluding hydrogens is 328 g/mol. The van der Waals surface area contributed by atoms with Crippen molar-refractivity contribution >= 4 is 11.0 Å². The van der Waals surface area contributed by atoms with E-state index in [1.54, 1.807) is 6.20 Å². The van der Waals surface area contributed by atoms with Crippen LogP contribution in [0.3, 0.4) is 0 Å². The highest BCUT2D eigenvalue weighted by Gasteiger charge is 2.81. The lowest BCUT2D eigenvalue weighted by Crippen LogP contribution is -2.60. The zero-order valence-electron chi connectivity index (χ0n) is 16.5. The Morgan fingerprint density at radius 2 is 1.81 bits per heavy atom. The minimum absolute atomic E-state index is 0.353. The van der Waals surface area contributed by atoms with Gasteiger partial charge in [-0.1, -0.05) is 20.8 Å². The van der Waals surface area contributed by atoms with Crippen molar-refractivity contribution in [2.45, 2.75) is 71.3 Å². The lowest BCUT2D eigenvalue weighted by atomic mass is 9.62. The fourth-order valence-electron chi connectivity index (χ4n) is 6.00. The fourth-order valence-corrected chi connectivity index (χ4v) is 6.00. The highest BCUT2D eigenvalue weighted by atomic mass is 16.5. The highest BCUT2D eigenvalue weighted by molar-refractivity contribution is 5.78. The Labute approximate surface area is 154 Å². The van der Waals surface area contributed by atoms with Gasteiger partial charge in [-0.2, -0.15) is 0 Å². The van der Waals surface area contributed by atoms with E-state index in [2.05, 4.69) is 25.8 Å². The number of hydrogen-bond acceptors (Lipinski definition) is 4. The van der Waals surface area contributed by atoms with Gasteiger partial charge >= 0.3 is 0 Å². The van der Waals surface area contributed by atoms with Gasteiger partial charge in [-0.25, -0.2) is 0 Å².